The van der Waals surface area contributed by atoms with Crippen molar-refractivity contribution in [2.24, 2.45) is 0 Å². The lowest BCUT2D eigenvalue weighted by Crippen LogP contribution is -1.91. The minimum absolute atomic E-state index is 0.0837. The molecule has 0 unspecified atom stereocenters. The van der Waals surface area contributed by atoms with Crippen LogP contribution in [0, 0.1) is 17.1 Å². The lowest BCUT2D eigenvalue weighted by atomic mass is 10.2. The molecule has 4 heteroatoms. The van der Waals surface area contributed by atoms with Crippen LogP contribution in [0.1, 0.15) is 5.56 Å². The van der Waals surface area contributed by atoms with Gasteiger partial charge < -0.3 is 4.74 Å². The van der Waals surface area contributed by atoms with Gasteiger partial charge in [0.2, 0.25) is 0 Å². The van der Waals surface area contributed by atoms with Crippen LogP contribution in [0.3, 0.4) is 0 Å². The highest BCUT2D eigenvalue weighted by atomic mass is 19.1. The van der Waals surface area contributed by atoms with E-state index in [0.717, 1.165) is 17.0 Å². The fraction of sp³-hybridized carbons (Fsp3) is 0. The predicted octanol–water partition coefficient (Wildman–Crippen LogP) is 4.04. The number of nitriles is 1. The maximum Gasteiger partial charge on any atom is 0.167 e. The van der Waals surface area contributed by atoms with E-state index in [-0.39, 0.29) is 11.3 Å². The molecule has 0 spiro atoms. The Labute approximate surface area is 114 Å². The standard InChI is InChI=1S/C16H9FN2O/c17-13-9-11(10-18)6-7-16(13)20-15-5-1-4-14-12(15)3-2-8-19-14/h1-9H. The van der Waals surface area contributed by atoms with Crippen molar-refractivity contribution in [2.45, 2.75) is 0 Å². The first-order chi connectivity index (χ1) is 9.78. The molecule has 0 radical (unpaired) electrons. The smallest absolute Gasteiger partial charge is 0.167 e. The zero-order valence-electron chi connectivity index (χ0n) is 10.4. The minimum Gasteiger partial charge on any atom is -0.454 e. The second-order valence-corrected chi connectivity index (χ2v) is 4.19. The molecule has 0 N–H and O–H groups in total. The van der Waals surface area contributed by atoms with Crippen LogP contribution in [0.4, 0.5) is 4.39 Å². The van der Waals surface area contributed by atoms with Gasteiger partial charge in [0.1, 0.15) is 5.75 Å². The van der Waals surface area contributed by atoms with Gasteiger partial charge in [-0.3, -0.25) is 4.98 Å². The van der Waals surface area contributed by atoms with E-state index in [0.29, 0.717) is 5.75 Å². The summed E-state index contributed by atoms with van der Waals surface area (Å²) >= 11 is 0. The summed E-state index contributed by atoms with van der Waals surface area (Å²) in [6, 6.07) is 15.1. The third-order valence-corrected chi connectivity index (χ3v) is 2.89. The maximum atomic E-state index is 13.8. The van der Waals surface area contributed by atoms with Crippen LogP contribution < -0.4 is 4.74 Å². The van der Waals surface area contributed by atoms with Gasteiger partial charge in [-0.15, -0.1) is 0 Å². The van der Waals surface area contributed by atoms with Gasteiger partial charge in [0, 0.05) is 11.6 Å². The Morgan fingerprint density at radius 3 is 2.75 bits per heavy atom. The predicted molar refractivity (Wildman–Crippen MR) is 72.9 cm³/mol. The molecule has 20 heavy (non-hydrogen) atoms. The number of pyridine rings is 1. The van der Waals surface area contributed by atoms with Crippen molar-refractivity contribution in [3.63, 3.8) is 0 Å². The molecule has 0 fully saturated rings. The van der Waals surface area contributed by atoms with Gasteiger partial charge >= 0.3 is 0 Å². The fourth-order valence-corrected chi connectivity index (χ4v) is 1.94. The Balaban J connectivity index is 2.04. The van der Waals surface area contributed by atoms with Gasteiger partial charge in [0.15, 0.2) is 11.6 Å². The second kappa shape index (κ2) is 4.98. The molecule has 0 amide bonds. The molecule has 3 nitrogen and oxygen atoms in total. The number of aromatic nitrogens is 1. The third-order valence-electron chi connectivity index (χ3n) is 2.89. The second-order valence-electron chi connectivity index (χ2n) is 4.19. The van der Waals surface area contributed by atoms with Gasteiger partial charge in [0.25, 0.3) is 0 Å². The number of hydrogen-bond donors (Lipinski definition) is 0. The molecular weight excluding hydrogens is 255 g/mol. The first-order valence-electron chi connectivity index (χ1n) is 5.99. The largest absolute Gasteiger partial charge is 0.454 e. The number of benzene rings is 2. The van der Waals surface area contributed by atoms with Crippen LogP contribution in [-0.2, 0) is 0 Å². The lowest BCUT2D eigenvalue weighted by molar-refractivity contribution is 0.446. The van der Waals surface area contributed by atoms with Gasteiger partial charge in [-0.05, 0) is 42.5 Å². The minimum atomic E-state index is -0.565. The maximum absolute atomic E-state index is 13.8. The molecule has 2 aromatic carbocycles. The van der Waals surface area contributed by atoms with E-state index in [4.69, 9.17) is 10.00 Å². The molecule has 0 saturated carbocycles. The normalized spacial score (nSPS) is 10.2. The van der Waals surface area contributed by atoms with Crippen LogP contribution in [0.5, 0.6) is 11.5 Å². The van der Waals surface area contributed by atoms with Gasteiger partial charge in [-0.1, -0.05) is 6.07 Å². The molecule has 0 aliphatic rings. The van der Waals surface area contributed by atoms with Crippen molar-refractivity contribution in [2.75, 3.05) is 0 Å². The van der Waals surface area contributed by atoms with Gasteiger partial charge in [-0.25, -0.2) is 4.39 Å². The van der Waals surface area contributed by atoms with Gasteiger partial charge in [0.05, 0.1) is 17.1 Å². The molecule has 1 heterocycles. The van der Waals surface area contributed by atoms with Crippen LogP contribution in [0.25, 0.3) is 10.9 Å². The summed E-state index contributed by atoms with van der Waals surface area (Å²) in [4.78, 5) is 4.22. The van der Waals surface area contributed by atoms with E-state index in [9.17, 15) is 4.39 Å². The highest BCUT2D eigenvalue weighted by Gasteiger charge is 2.08. The number of ether oxygens (including phenoxy) is 1. The van der Waals surface area contributed by atoms with E-state index in [2.05, 4.69) is 4.98 Å². The van der Waals surface area contributed by atoms with Crippen molar-refractivity contribution in [1.29, 1.82) is 5.26 Å². The Morgan fingerprint density at radius 1 is 1.05 bits per heavy atom. The van der Waals surface area contributed by atoms with Gasteiger partial charge in [-0.2, -0.15) is 5.26 Å². The fourth-order valence-electron chi connectivity index (χ4n) is 1.94. The SMILES string of the molecule is N#Cc1ccc(Oc2cccc3ncccc23)c(F)c1. The summed E-state index contributed by atoms with van der Waals surface area (Å²) in [7, 11) is 0. The first-order valence-corrected chi connectivity index (χ1v) is 5.99. The molecule has 3 rings (SSSR count). The number of halogens is 1. The third kappa shape index (κ3) is 2.17. The van der Waals surface area contributed by atoms with Crippen molar-refractivity contribution < 1.29 is 9.13 Å². The van der Waals surface area contributed by atoms with Crippen molar-refractivity contribution >= 4 is 10.9 Å². The summed E-state index contributed by atoms with van der Waals surface area (Å²) in [5.41, 5.74) is 1.04. The summed E-state index contributed by atoms with van der Waals surface area (Å²) in [5, 5.41) is 9.52. The van der Waals surface area contributed by atoms with E-state index in [1.807, 2.05) is 18.2 Å². The summed E-state index contributed by atoms with van der Waals surface area (Å²) < 4.78 is 19.4. The number of fused-ring (bicyclic) bond motifs is 1. The van der Waals surface area contributed by atoms with Crippen LogP contribution in [-0.4, -0.2) is 4.98 Å². The van der Waals surface area contributed by atoms with Crippen molar-refractivity contribution in [3.05, 3.63) is 66.1 Å². The molecular formula is C16H9FN2O. The lowest BCUT2D eigenvalue weighted by Gasteiger charge is -2.09. The van der Waals surface area contributed by atoms with E-state index in [1.165, 1.54) is 12.1 Å². The number of nitrogens with zero attached hydrogens (tertiary/aromatic N) is 2. The molecule has 0 aliphatic carbocycles. The molecule has 0 atom stereocenters. The first kappa shape index (κ1) is 12.1. The molecule has 3 aromatic rings. The van der Waals surface area contributed by atoms with Crippen LogP contribution in [0.2, 0.25) is 0 Å². The van der Waals surface area contributed by atoms with Crippen molar-refractivity contribution in [3.8, 4) is 17.6 Å². The molecule has 0 bridgehead atoms. The summed E-state index contributed by atoms with van der Waals surface area (Å²) in [6.07, 6.45) is 1.69. The number of hydrogen-bond acceptors (Lipinski definition) is 3. The Morgan fingerprint density at radius 2 is 1.95 bits per heavy atom. The average molecular weight is 264 g/mol. The van der Waals surface area contributed by atoms with E-state index >= 15 is 0 Å². The van der Waals surface area contributed by atoms with E-state index in [1.54, 1.807) is 24.4 Å². The summed E-state index contributed by atoms with van der Waals surface area (Å²) in [6.45, 7) is 0. The number of rotatable bonds is 2. The molecule has 1 aromatic heterocycles. The monoisotopic (exact) mass is 264 g/mol. The topological polar surface area (TPSA) is 45.9 Å². The van der Waals surface area contributed by atoms with E-state index < -0.39 is 5.82 Å². The molecule has 0 aliphatic heterocycles. The van der Waals surface area contributed by atoms with Crippen molar-refractivity contribution in [1.82, 2.24) is 4.98 Å². The van der Waals surface area contributed by atoms with Crippen LogP contribution >= 0.6 is 0 Å². The highest BCUT2D eigenvalue weighted by Crippen LogP contribution is 2.30. The quantitative estimate of drug-likeness (QED) is 0.701. The summed E-state index contributed by atoms with van der Waals surface area (Å²) in [5.74, 6) is 0.0458. The zero-order valence-corrected chi connectivity index (χ0v) is 10.4. The Kier molecular flexibility index (Phi) is 3.02. The van der Waals surface area contributed by atoms with Crippen LogP contribution in [0.15, 0.2) is 54.7 Å². The Bertz CT molecular complexity index is 819. The average Bonchev–Trinajstić information content (AvgIpc) is 2.49. The zero-order chi connectivity index (χ0) is 13.9. The highest BCUT2D eigenvalue weighted by molar-refractivity contribution is 5.85. The molecule has 96 valence electrons. The Hall–Kier alpha value is -2.93. The molecule has 0 saturated heterocycles.